The van der Waals surface area contributed by atoms with Crippen LogP contribution in [0.15, 0.2) is 78.9 Å². The van der Waals surface area contributed by atoms with E-state index in [0.29, 0.717) is 32.7 Å². The Bertz CT molecular complexity index is 1420. The number of hydrogen-bond acceptors (Lipinski definition) is 6. The van der Waals surface area contributed by atoms with E-state index in [1.54, 1.807) is 4.90 Å². The van der Waals surface area contributed by atoms with Gasteiger partial charge < -0.3 is 24.8 Å². The maximum absolute atomic E-state index is 14.2. The molecule has 2 heterocycles. The summed E-state index contributed by atoms with van der Waals surface area (Å²) >= 11 is 0. The standard InChI is InChI=1S/C33H35N3O6/c37-30(38)18-24-20-41-17-16-36(24)31(39)33(14-15-35(22-33)19-23-8-2-1-3-9-23)34-32(40)42-21-29-27-12-6-4-10-25(27)26-11-5-7-13-28(26)29/h1-13,24,29H,14-22H2,(H,34,40)(H,37,38). The van der Waals surface area contributed by atoms with Crippen LogP contribution in [0, 0.1) is 0 Å². The molecule has 2 aliphatic heterocycles. The Balaban J connectivity index is 1.21. The highest BCUT2D eigenvalue weighted by atomic mass is 16.5. The molecule has 6 rings (SSSR count). The summed E-state index contributed by atoms with van der Waals surface area (Å²) in [5, 5.41) is 12.4. The van der Waals surface area contributed by atoms with Gasteiger partial charge in [0.1, 0.15) is 12.1 Å². The molecule has 42 heavy (non-hydrogen) atoms. The van der Waals surface area contributed by atoms with Crippen LogP contribution in [0.2, 0.25) is 0 Å². The van der Waals surface area contributed by atoms with Gasteiger partial charge >= 0.3 is 12.1 Å². The molecule has 0 radical (unpaired) electrons. The normalized spacial score (nSPS) is 21.9. The number of alkyl carbamates (subject to hydrolysis) is 1. The SMILES string of the molecule is O=C(O)CC1COCCN1C(=O)C1(NC(=O)OCC2c3ccccc3-c3ccccc32)CCN(Cc2ccccc2)C1. The number of ether oxygens (including phenoxy) is 2. The molecule has 2 saturated heterocycles. The van der Waals surface area contributed by atoms with E-state index in [1.807, 2.05) is 54.6 Å². The zero-order chi connectivity index (χ0) is 29.1. The molecule has 2 fully saturated rings. The lowest BCUT2D eigenvalue weighted by atomic mass is 9.94. The maximum atomic E-state index is 14.2. The zero-order valence-electron chi connectivity index (χ0n) is 23.4. The van der Waals surface area contributed by atoms with Gasteiger partial charge in [0.05, 0.1) is 25.7 Å². The molecule has 0 aromatic heterocycles. The fourth-order valence-corrected chi connectivity index (χ4v) is 6.59. The number of aliphatic carboxylic acids is 1. The Morgan fingerprint density at radius 2 is 1.60 bits per heavy atom. The lowest BCUT2D eigenvalue weighted by Crippen LogP contribution is -2.64. The van der Waals surface area contributed by atoms with Crippen LogP contribution < -0.4 is 5.32 Å². The number of carboxylic acid groups (broad SMARTS) is 1. The molecule has 9 heteroatoms. The molecule has 2 atom stereocenters. The predicted octanol–water partition coefficient (Wildman–Crippen LogP) is 3.87. The van der Waals surface area contributed by atoms with E-state index in [2.05, 4.69) is 34.5 Å². The van der Waals surface area contributed by atoms with Gasteiger partial charge in [-0.1, -0.05) is 78.9 Å². The number of morpholine rings is 1. The Kier molecular flexibility index (Phi) is 7.95. The van der Waals surface area contributed by atoms with Crippen molar-refractivity contribution in [3.63, 3.8) is 0 Å². The topological polar surface area (TPSA) is 108 Å². The van der Waals surface area contributed by atoms with Crippen molar-refractivity contribution < 1.29 is 29.0 Å². The van der Waals surface area contributed by atoms with Crippen LogP contribution in [-0.2, 0) is 25.6 Å². The Labute approximate surface area is 245 Å². The number of nitrogens with zero attached hydrogens (tertiary/aromatic N) is 2. The van der Waals surface area contributed by atoms with Gasteiger partial charge in [-0.25, -0.2) is 4.79 Å². The summed E-state index contributed by atoms with van der Waals surface area (Å²) in [6, 6.07) is 25.6. The van der Waals surface area contributed by atoms with Crippen molar-refractivity contribution in [2.24, 2.45) is 0 Å². The van der Waals surface area contributed by atoms with Gasteiger partial charge in [-0.15, -0.1) is 0 Å². The monoisotopic (exact) mass is 569 g/mol. The third-order valence-corrected chi connectivity index (χ3v) is 8.59. The predicted molar refractivity (Wildman–Crippen MR) is 156 cm³/mol. The quantitative estimate of drug-likeness (QED) is 0.424. The van der Waals surface area contributed by atoms with E-state index in [9.17, 15) is 19.5 Å². The molecule has 2 amide bonds. The van der Waals surface area contributed by atoms with Crippen LogP contribution in [0.3, 0.4) is 0 Å². The molecule has 3 aliphatic rings. The molecule has 218 valence electrons. The molecule has 0 bridgehead atoms. The third kappa shape index (κ3) is 5.62. The molecule has 0 saturated carbocycles. The van der Waals surface area contributed by atoms with Gasteiger partial charge in [0.15, 0.2) is 0 Å². The van der Waals surface area contributed by atoms with Crippen LogP contribution >= 0.6 is 0 Å². The van der Waals surface area contributed by atoms with Gasteiger partial charge in [0, 0.05) is 32.1 Å². The number of fused-ring (bicyclic) bond motifs is 3. The zero-order valence-corrected chi connectivity index (χ0v) is 23.4. The van der Waals surface area contributed by atoms with Crippen molar-refractivity contribution in [3.8, 4) is 11.1 Å². The highest BCUT2D eigenvalue weighted by molar-refractivity contribution is 5.91. The first-order valence-electron chi connectivity index (χ1n) is 14.4. The summed E-state index contributed by atoms with van der Waals surface area (Å²) < 4.78 is 11.4. The number of carbonyl (C=O) groups is 3. The average Bonchev–Trinajstić information content (AvgIpc) is 3.55. The molecule has 2 unspecified atom stereocenters. The van der Waals surface area contributed by atoms with Gasteiger partial charge in [-0.05, 0) is 34.2 Å². The molecular weight excluding hydrogens is 534 g/mol. The number of nitrogens with one attached hydrogen (secondary N) is 1. The van der Waals surface area contributed by atoms with E-state index in [-0.39, 0.29) is 38.0 Å². The first kappa shape index (κ1) is 27.9. The van der Waals surface area contributed by atoms with Crippen LogP contribution in [0.25, 0.3) is 11.1 Å². The molecule has 1 aliphatic carbocycles. The average molecular weight is 570 g/mol. The van der Waals surface area contributed by atoms with Crippen LogP contribution in [-0.4, -0.2) is 83.9 Å². The maximum Gasteiger partial charge on any atom is 0.408 e. The number of rotatable bonds is 8. The van der Waals surface area contributed by atoms with Crippen molar-refractivity contribution in [1.29, 1.82) is 0 Å². The van der Waals surface area contributed by atoms with E-state index >= 15 is 0 Å². The number of benzene rings is 3. The first-order chi connectivity index (χ1) is 20.4. The Hall–Kier alpha value is -4.21. The summed E-state index contributed by atoms with van der Waals surface area (Å²) in [5.41, 5.74) is 4.35. The Morgan fingerprint density at radius 3 is 2.29 bits per heavy atom. The minimum Gasteiger partial charge on any atom is -0.481 e. The summed E-state index contributed by atoms with van der Waals surface area (Å²) in [5.74, 6) is -1.40. The van der Waals surface area contributed by atoms with E-state index in [1.165, 1.54) is 0 Å². The van der Waals surface area contributed by atoms with Crippen molar-refractivity contribution in [2.75, 3.05) is 39.5 Å². The number of amides is 2. The summed E-state index contributed by atoms with van der Waals surface area (Å²) in [7, 11) is 0. The Morgan fingerprint density at radius 1 is 0.929 bits per heavy atom. The molecule has 0 spiro atoms. The van der Waals surface area contributed by atoms with Gasteiger partial charge in [-0.2, -0.15) is 0 Å². The van der Waals surface area contributed by atoms with Crippen LogP contribution in [0.5, 0.6) is 0 Å². The summed E-state index contributed by atoms with van der Waals surface area (Å²) in [6.07, 6.45) is -0.490. The second-order valence-electron chi connectivity index (χ2n) is 11.3. The molecule has 9 nitrogen and oxygen atoms in total. The number of carboxylic acids is 1. The molecule has 2 N–H and O–H groups in total. The van der Waals surface area contributed by atoms with Crippen molar-refractivity contribution in [2.45, 2.75) is 36.9 Å². The van der Waals surface area contributed by atoms with Crippen LogP contribution in [0.4, 0.5) is 4.79 Å². The highest BCUT2D eigenvalue weighted by Gasteiger charge is 2.50. The lowest BCUT2D eigenvalue weighted by molar-refractivity contribution is -0.150. The van der Waals surface area contributed by atoms with Crippen molar-refractivity contribution >= 4 is 18.0 Å². The highest BCUT2D eigenvalue weighted by Crippen LogP contribution is 2.44. The van der Waals surface area contributed by atoms with Gasteiger partial charge in [0.25, 0.3) is 0 Å². The smallest absolute Gasteiger partial charge is 0.408 e. The minimum atomic E-state index is -1.24. The number of hydrogen-bond donors (Lipinski definition) is 2. The third-order valence-electron chi connectivity index (χ3n) is 8.59. The first-order valence-corrected chi connectivity index (χ1v) is 14.4. The molecule has 3 aromatic carbocycles. The summed E-state index contributed by atoms with van der Waals surface area (Å²) in [6.45, 7) is 2.38. The van der Waals surface area contributed by atoms with E-state index < -0.39 is 23.6 Å². The number of likely N-dealkylation sites (tertiary alicyclic amines) is 1. The fraction of sp³-hybridized carbons (Fsp3) is 0.364. The lowest BCUT2D eigenvalue weighted by Gasteiger charge is -2.41. The summed E-state index contributed by atoms with van der Waals surface area (Å²) in [4.78, 5) is 43.0. The second-order valence-corrected chi connectivity index (χ2v) is 11.3. The minimum absolute atomic E-state index is 0.104. The van der Waals surface area contributed by atoms with Crippen molar-refractivity contribution in [1.82, 2.24) is 15.1 Å². The van der Waals surface area contributed by atoms with Gasteiger partial charge in [-0.3, -0.25) is 14.5 Å². The van der Waals surface area contributed by atoms with E-state index in [4.69, 9.17) is 9.47 Å². The molecule has 3 aromatic rings. The van der Waals surface area contributed by atoms with Gasteiger partial charge in [0.2, 0.25) is 5.91 Å². The fourth-order valence-electron chi connectivity index (χ4n) is 6.59. The van der Waals surface area contributed by atoms with Crippen molar-refractivity contribution in [3.05, 3.63) is 95.6 Å². The van der Waals surface area contributed by atoms with E-state index in [0.717, 1.165) is 27.8 Å². The molecular formula is C33H35N3O6. The van der Waals surface area contributed by atoms with Crippen LogP contribution in [0.1, 0.15) is 35.4 Å². The number of carbonyl (C=O) groups excluding carboxylic acids is 2. The largest absolute Gasteiger partial charge is 0.481 e. The second kappa shape index (κ2) is 12.0.